The number of piperidine rings is 1. The Morgan fingerprint density at radius 3 is 2.58 bits per heavy atom. The number of hydrogen-bond acceptors (Lipinski definition) is 4. The molecule has 4 aromatic rings. The van der Waals surface area contributed by atoms with E-state index in [1.54, 1.807) is 30.6 Å². The number of hydrogen-bond donors (Lipinski definition) is 1. The molecule has 33 heavy (non-hydrogen) atoms. The monoisotopic (exact) mass is 448 g/mol. The molecule has 0 aliphatic carbocycles. The minimum atomic E-state index is -0.318. The first-order valence-corrected chi connectivity index (χ1v) is 11.3. The zero-order valence-corrected chi connectivity index (χ0v) is 18.3. The number of benzene rings is 2. The molecule has 0 unspecified atom stereocenters. The van der Waals surface area contributed by atoms with Crippen molar-refractivity contribution in [1.29, 1.82) is 0 Å². The number of rotatable bonds is 7. The first-order valence-electron chi connectivity index (χ1n) is 11.3. The smallest absolute Gasteiger partial charge is 0.127 e. The second kappa shape index (κ2) is 9.67. The number of likely N-dealkylation sites (tertiary alicyclic amines) is 1. The van der Waals surface area contributed by atoms with E-state index in [4.69, 9.17) is 4.74 Å². The highest BCUT2D eigenvalue weighted by molar-refractivity contribution is 5.83. The van der Waals surface area contributed by atoms with Gasteiger partial charge in [0, 0.05) is 47.2 Å². The molecule has 3 heterocycles. The van der Waals surface area contributed by atoms with Gasteiger partial charge in [0.1, 0.15) is 30.3 Å². The fourth-order valence-electron chi connectivity index (χ4n) is 4.62. The van der Waals surface area contributed by atoms with Crippen LogP contribution in [0.5, 0.6) is 5.75 Å². The average Bonchev–Trinajstić information content (AvgIpc) is 3.23. The molecule has 1 fully saturated rings. The van der Waals surface area contributed by atoms with Crippen molar-refractivity contribution in [3.63, 3.8) is 0 Å². The SMILES string of the molecule is Fc1ccc(OCCN2CCC(Cc3c[nH]c4ccc(F)cc34)CC2)c(-c2cncnc2)c1. The van der Waals surface area contributed by atoms with Crippen molar-refractivity contribution in [1.82, 2.24) is 19.9 Å². The van der Waals surface area contributed by atoms with Gasteiger partial charge >= 0.3 is 0 Å². The highest BCUT2D eigenvalue weighted by Gasteiger charge is 2.21. The Morgan fingerprint density at radius 1 is 1.00 bits per heavy atom. The van der Waals surface area contributed by atoms with Gasteiger partial charge in [-0.2, -0.15) is 0 Å². The van der Waals surface area contributed by atoms with Crippen molar-refractivity contribution in [2.45, 2.75) is 19.3 Å². The Balaban J connectivity index is 1.13. The third-order valence-electron chi connectivity index (χ3n) is 6.42. The molecular weight excluding hydrogens is 422 g/mol. The number of nitrogens with zero attached hydrogens (tertiary/aromatic N) is 3. The highest BCUT2D eigenvalue weighted by atomic mass is 19.1. The van der Waals surface area contributed by atoms with Gasteiger partial charge in [-0.3, -0.25) is 4.90 Å². The summed E-state index contributed by atoms with van der Waals surface area (Å²) in [5.41, 5.74) is 3.57. The summed E-state index contributed by atoms with van der Waals surface area (Å²) in [6.45, 7) is 3.35. The standard InChI is InChI=1S/C26H26F2N4O/c27-21-1-3-25-23(12-21)19(16-31-25)11-18-5-7-32(8-6-18)9-10-33-26-4-2-22(28)13-24(26)20-14-29-17-30-15-20/h1-4,12-18,31H,5-11H2. The summed E-state index contributed by atoms with van der Waals surface area (Å²) in [4.78, 5) is 13.7. The van der Waals surface area contributed by atoms with Gasteiger partial charge in [-0.05, 0) is 80.2 Å². The minimum Gasteiger partial charge on any atom is -0.492 e. The van der Waals surface area contributed by atoms with Crippen LogP contribution in [0.15, 0.2) is 61.3 Å². The van der Waals surface area contributed by atoms with Gasteiger partial charge in [0.25, 0.3) is 0 Å². The topological polar surface area (TPSA) is 54.0 Å². The lowest BCUT2D eigenvalue weighted by Crippen LogP contribution is -2.37. The Labute approximate surface area is 191 Å². The van der Waals surface area contributed by atoms with Crippen LogP contribution in [0.3, 0.4) is 0 Å². The maximum absolute atomic E-state index is 13.8. The number of fused-ring (bicyclic) bond motifs is 1. The fraction of sp³-hybridized carbons (Fsp3) is 0.308. The molecule has 0 radical (unpaired) electrons. The van der Waals surface area contributed by atoms with Gasteiger partial charge in [-0.15, -0.1) is 0 Å². The average molecular weight is 449 g/mol. The lowest BCUT2D eigenvalue weighted by molar-refractivity contribution is 0.155. The van der Waals surface area contributed by atoms with Crippen molar-refractivity contribution < 1.29 is 13.5 Å². The van der Waals surface area contributed by atoms with E-state index in [9.17, 15) is 8.78 Å². The fourth-order valence-corrected chi connectivity index (χ4v) is 4.62. The first-order chi connectivity index (χ1) is 16.2. The van der Waals surface area contributed by atoms with E-state index in [-0.39, 0.29) is 11.6 Å². The zero-order chi connectivity index (χ0) is 22.6. The molecule has 0 amide bonds. The molecule has 0 atom stereocenters. The summed E-state index contributed by atoms with van der Waals surface area (Å²) in [6, 6.07) is 9.44. The number of halogens is 2. The van der Waals surface area contributed by atoms with E-state index < -0.39 is 0 Å². The summed E-state index contributed by atoms with van der Waals surface area (Å²) >= 11 is 0. The molecule has 2 aromatic heterocycles. The number of aromatic nitrogens is 3. The Hall–Kier alpha value is -3.32. The second-order valence-corrected chi connectivity index (χ2v) is 8.61. The summed E-state index contributed by atoms with van der Waals surface area (Å²) in [5.74, 6) is 0.711. The molecule has 1 aliphatic rings. The molecular formula is C26H26F2N4O. The van der Waals surface area contributed by atoms with Gasteiger partial charge in [0.2, 0.25) is 0 Å². The van der Waals surface area contributed by atoms with Crippen molar-refractivity contribution in [3.05, 3.63) is 78.5 Å². The van der Waals surface area contributed by atoms with E-state index in [0.717, 1.165) is 55.4 Å². The van der Waals surface area contributed by atoms with E-state index in [2.05, 4.69) is 19.9 Å². The quantitative estimate of drug-likeness (QED) is 0.420. The highest BCUT2D eigenvalue weighted by Crippen LogP contribution is 2.30. The molecule has 2 aromatic carbocycles. The van der Waals surface area contributed by atoms with Crippen molar-refractivity contribution >= 4 is 10.9 Å². The van der Waals surface area contributed by atoms with E-state index in [0.29, 0.717) is 23.8 Å². The van der Waals surface area contributed by atoms with Crippen LogP contribution in [0.1, 0.15) is 18.4 Å². The van der Waals surface area contributed by atoms with Gasteiger partial charge in [-0.1, -0.05) is 0 Å². The Kier molecular flexibility index (Phi) is 6.30. The Morgan fingerprint density at radius 2 is 1.76 bits per heavy atom. The number of H-pyrrole nitrogens is 1. The van der Waals surface area contributed by atoms with Gasteiger partial charge in [0.05, 0.1) is 0 Å². The summed E-state index contributed by atoms with van der Waals surface area (Å²) in [6.07, 6.45) is 9.94. The number of aromatic amines is 1. The van der Waals surface area contributed by atoms with Gasteiger partial charge < -0.3 is 9.72 Å². The lowest BCUT2D eigenvalue weighted by atomic mass is 9.90. The number of nitrogens with one attached hydrogen (secondary N) is 1. The molecule has 1 aliphatic heterocycles. The predicted molar refractivity (Wildman–Crippen MR) is 124 cm³/mol. The zero-order valence-electron chi connectivity index (χ0n) is 18.3. The predicted octanol–water partition coefficient (Wildman–Crippen LogP) is 5.24. The van der Waals surface area contributed by atoms with Crippen molar-refractivity contribution in [2.75, 3.05) is 26.2 Å². The lowest BCUT2D eigenvalue weighted by Gasteiger charge is -2.31. The van der Waals surface area contributed by atoms with Crippen LogP contribution in [0, 0.1) is 17.6 Å². The first kappa shape index (κ1) is 21.5. The van der Waals surface area contributed by atoms with Gasteiger partial charge in [-0.25, -0.2) is 18.7 Å². The maximum Gasteiger partial charge on any atom is 0.127 e. The second-order valence-electron chi connectivity index (χ2n) is 8.61. The van der Waals surface area contributed by atoms with Crippen LogP contribution in [-0.4, -0.2) is 46.1 Å². The third kappa shape index (κ3) is 5.03. The van der Waals surface area contributed by atoms with Crippen LogP contribution in [0.2, 0.25) is 0 Å². The van der Waals surface area contributed by atoms with E-state index >= 15 is 0 Å². The molecule has 1 N–H and O–H groups in total. The normalized spacial score (nSPS) is 15.2. The number of ether oxygens (including phenoxy) is 1. The molecule has 1 saturated heterocycles. The molecule has 0 spiro atoms. The van der Waals surface area contributed by atoms with Crippen LogP contribution >= 0.6 is 0 Å². The molecule has 7 heteroatoms. The molecule has 170 valence electrons. The molecule has 0 bridgehead atoms. The Bertz CT molecular complexity index is 1220. The molecule has 5 rings (SSSR count). The van der Waals surface area contributed by atoms with Gasteiger partial charge in [0.15, 0.2) is 0 Å². The third-order valence-corrected chi connectivity index (χ3v) is 6.42. The largest absolute Gasteiger partial charge is 0.492 e. The maximum atomic E-state index is 13.8. The summed E-state index contributed by atoms with van der Waals surface area (Å²) < 4.78 is 33.5. The van der Waals surface area contributed by atoms with Crippen LogP contribution in [0.4, 0.5) is 8.78 Å². The summed E-state index contributed by atoms with van der Waals surface area (Å²) in [5, 5.41) is 0.991. The molecule has 0 saturated carbocycles. The van der Waals surface area contributed by atoms with Crippen LogP contribution in [0.25, 0.3) is 22.0 Å². The van der Waals surface area contributed by atoms with Crippen LogP contribution < -0.4 is 4.74 Å². The van der Waals surface area contributed by atoms with Crippen molar-refractivity contribution in [3.8, 4) is 16.9 Å². The van der Waals surface area contributed by atoms with E-state index in [1.807, 2.05) is 6.20 Å². The minimum absolute atomic E-state index is 0.192. The summed E-state index contributed by atoms with van der Waals surface area (Å²) in [7, 11) is 0. The molecule has 5 nitrogen and oxygen atoms in total. The van der Waals surface area contributed by atoms with Crippen molar-refractivity contribution in [2.24, 2.45) is 5.92 Å². The van der Waals surface area contributed by atoms with E-state index in [1.165, 1.54) is 30.1 Å². The van der Waals surface area contributed by atoms with Crippen LogP contribution in [-0.2, 0) is 6.42 Å².